The normalized spacial score (nSPS) is 11.1. The summed E-state index contributed by atoms with van der Waals surface area (Å²) >= 11 is 0. The summed E-state index contributed by atoms with van der Waals surface area (Å²) in [5.74, 6) is 0.0441. The zero-order valence-electron chi connectivity index (χ0n) is 16.0. The predicted octanol–water partition coefficient (Wildman–Crippen LogP) is 5.46. The van der Waals surface area contributed by atoms with Crippen LogP contribution in [0.5, 0.6) is 0 Å². The molecule has 2 aromatic rings. The van der Waals surface area contributed by atoms with Gasteiger partial charge in [0.15, 0.2) is 0 Å². The van der Waals surface area contributed by atoms with Gasteiger partial charge in [-0.15, -0.1) is 0 Å². The summed E-state index contributed by atoms with van der Waals surface area (Å²) < 4.78 is 2.40. The smallest absolute Gasteiger partial charge is 0.216 e. The molecule has 2 rings (SSSR count). The van der Waals surface area contributed by atoms with Gasteiger partial charge >= 0.3 is 0 Å². The second-order valence-electron chi connectivity index (χ2n) is 7.07. The Hall–Kier alpha value is -1.77. The fourth-order valence-electron chi connectivity index (χ4n) is 3.50. The molecule has 3 nitrogen and oxygen atoms in total. The number of para-hydroxylation sites is 1. The first-order chi connectivity index (χ1) is 12.2. The van der Waals surface area contributed by atoms with Crippen molar-refractivity contribution in [3.8, 4) is 0 Å². The lowest BCUT2D eigenvalue weighted by atomic mass is 10.1. The average molecular weight is 343 g/mol. The molecule has 3 heteroatoms. The Morgan fingerprint density at radius 1 is 1.00 bits per heavy atom. The molecule has 1 amide bonds. The fourth-order valence-corrected chi connectivity index (χ4v) is 3.50. The highest BCUT2D eigenvalue weighted by Gasteiger charge is 2.08. The number of rotatable bonds is 12. The van der Waals surface area contributed by atoms with E-state index in [2.05, 4.69) is 47.3 Å². The highest BCUT2D eigenvalue weighted by molar-refractivity contribution is 5.84. The number of carbonyl (C=O) groups is 1. The van der Waals surface area contributed by atoms with Gasteiger partial charge in [0, 0.05) is 37.1 Å². The largest absolute Gasteiger partial charge is 0.356 e. The van der Waals surface area contributed by atoms with Crippen molar-refractivity contribution in [2.75, 3.05) is 6.54 Å². The molecule has 0 aliphatic heterocycles. The van der Waals surface area contributed by atoms with E-state index in [0.29, 0.717) is 6.54 Å². The van der Waals surface area contributed by atoms with E-state index in [-0.39, 0.29) is 5.91 Å². The Morgan fingerprint density at radius 3 is 2.40 bits per heavy atom. The molecule has 25 heavy (non-hydrogen) atoms. The van der Waals surface area contributed by atoms with Crippen molar-refractivity contribution in [3.63, 3.8) is 0 Å². The number of carbonyl (C=O) groups excluding carboxylic acids is 1. The third kappa shape index (κ3) is 6.56. The predicted molar refractivity (Wildman–Crippen MR) is 107 cm³/mol. The van der Waals surface area contributed by atoms with E-state index in [1.807, 2.05) is 0 Å². The third-order valence-electron chi connectivity index (χ3n) is 4.89. The maximum absolute atomic E-state index is 11.1. The number of benzene rings is 1. The number of nitrogens with one attached hydrogen (secondary N) is 1. The van der Waals surface area contributed by atoms with Gasteiger partial charge in [-0.25, -0.2) is 0 Å². The van der Waals surface area contributed by atoms with Crippen molar-refractivity contribution in [1.29, 1.82) is 0 Å². The molecule has 0 aliphatic carbocycles. The number of aryl methyl sites for hydroxylation is 1. The van der Waals surface area contributed by atoms with Crippen LogP contribution < -0.4 is 5.32 Å². The summed E-state index contributed by atoms with van der Waals surface area (Å²) in [6.07, 6.45) is 14.0. The van der Waals surface area contributed by atoms with Crippen LogP contribution in [0.2, 0.25) is 0 Å². The molecular formula is C22H34N2O. The monoisotopic (exact) mass is 342 g/mol. The number of amides is 1. The minimum absolute atomic E-state index is 0.0441. The van der Waals surface area contributed by atoms with Gasteiger partial charge in [0.05, 0.1) is 0 Å². The minimum Gasteiger partial charge on any atom is -0.356 e. The molecule has 1 aromatic heterocycles. The summed E-state index contributed by atoms with van der Waals surface area (Å²) in [6, 6.07) is 8.62. The first-order valence-corrected chi connectivity index (χ1v) is 10.0. The number of fused-ring (bicyclic) bond motifs is 1. The summed E-state index contributed by atoms with van der Waals surface area (Å²) in [7, 11) is 0. The van der Waals surface area contributed by atoms with E-state index in [4.69, 9.17) is 0 Å². The molecule has 0 bridgehead atoms. The zero-order valence-corrected chi connectivity index (χ0v) is 16.0. The van der Waals surface area contributed by atoms with Crippen LogP contribution in [-0.2, 0) is 17.8 Å². The van der Waals surface area contributed by atoms with Crippen molar-refractivity contribution >= 4 is 16.8 Å². The first-order valence-electron chi connectivity index (χ1n) is 10.0. The molecular weight excluding hydrogens is 308 g/mol. The van der Waals surface area contributed by atoms with Gasteiger partial charge in [0.25, 0.3) is 0 Å². The van der Waals surface area contributed by atoms with Gasteiger partial charge in [-0.1, -0.05) is 70.1 Å². The van der Waals surface area contributed by atoms with Gasteiger partial charge in [-0.3, -0.25) is 4.79 Å². The summed E-state index contributed by atoms with van der Waals surface area (Å²) in [5, 5.41) is 4.23. The molecule has 0 fully saturated rings. The number of hydrogen-bond acceptors (Lipinski definition) is 1. The molecule has 0 saturated heterocycles. The maximum Gasteiger partial charge on any atom is 0.216 e. The van der Waals surface area contributed by atoms with E-state index in [1.54, 1.807) is 6.92 Å². The fraction of sp³-hybridized carbons (Fsp3) is 0.591. The van der Waals surface area contributed by atoms with Crippen LogP contribution in [0.4, 0.5) is 0 Å². The average Bonchev–Trinajstić information content (AvgIpc) is 2.95. The van der Waals surface area contributed by atoms with E-state index < -0.39 is 0 Å². The van der Waals surface area contributed by atoms with Crippen molar-refractivity contribution in [2.24, 2.45) is 0 Å². The van der Waals surface area contributed by atoms with Gasteiger partial charge in [0.2, 0.25) is 5.91 Å². The molecule has 1 N–H and O–H groups in total. The molecule has 0 saturated carbocycles. The minimum atomic E-state index is 0.0441. The highest BCUT2D eigenvalue weighted by Crippen LogP contribution is 2.22. The summed E-state index contributed by atoms with van der Waals surface area (Å²) in [6.45, 7) is 5.65. The van der Waals surface area contributed by atoms with Crippen LogP contribution in [0.15, 0.2) is 30.5 Å². The van der Waals surface area contributed by atoms with Crippen LogP contribution in [-0.4, -0.2) is 17.0 Å². The Bertz CT molecular complexity index is 645. The van der Waals surface area contributed by atoms with E-state index in [0.717, 1.165) is 13.0 Å². The van der Waals surface area contributed by atoms with Crippen molar-refractivity contribution < 1.29 is 4.79 Å². The first kappa shape index (κ1) is 19.6. The standard InChI is InChI=1S/C22H34N2O/c1-3-4-5-6-7-8-9-12-17-24-18-20(15-16-23-19(2)25)21-13-10-11-14-22(21)24/h10-11,13-14,18H,3-9,12,15-17H2,1-2H3,(H,23,25). The van der Waals surface area contributed by atoms with Crippen molar-refractivity contribution in [3.05, 3.63) is 36.0 Å². The number of hydrogen-bond donors (Lipinski definition) is 1. The van der Waals surface area contributed by atoms with Crippen LogP contribution >= 0.6 is 0 Å². The number of unbranched alkanes of at least 4 members (excludes halogenated alkanes) is 7. The van der Waals surface area contributed by atoms with Crippen molar-refractivity contribution in [1.82, 2.24) is 9.88 Å². The lowest BCUT2D eigenvalue weighted by Gasteiger charge is -2.05. The number of nitrogens with zero attached hydrogens (tertiary/aromatic N) is 1. The topological polar surface area (TPSA) is 34.0 Å². The Morgan fingerprint density at radius 2 is 1.68 bits per heavy atom. The van der Waals surface area contributed by atoms with Gasteiger partial charge in [-0.2, -0.15) is 0 Å². The van der Waals surface area contributed by atoms with Crippen molar-refractivity contribution in [2.45, 2.75) is 78.2 Å². The molecule has 138 valence electrons. The van der Waals surface area contributed by atoms with Crippen LogP contribution in [0.3, 0.4) is 0 Å². The molecule has 0 spiro atoms. The Balaban J connectivity index is 1.82. The second-order valence-corrected chi connectivity index (χ2v) is 7.07. The molecule has 0 atom stereocenters. The van der Waals surface area contributed by atoms with E-state index >= 15 is 0 Å². The SMILES string of the molecule is CCCCCCCCCCn1cc(CCNC(C)=O)c2ccccc21. The van der Waals surface area contributed by atoms with Crippen LogP contribution in [0, 0.1) is 0 Å². The highest BCUT2D eigenvalue weighted by atomic mass is 16.1. The molecule has 0 unspecified atom stereocenters. The quantitative estimate of drug-likeness (QED) is 0.511. The lowest BCUT2D eigenvalue weighted by Crippen LogP contribution is -2.22. The summed E-state index contributed by atoms with van der Waals surface area (Å²) in [5.41, 5.74) is 2.66. The summed E-state index contributed by atoms with van der Waals surface area (Å²) in [4.78, 5) is 11.1. The molecule has 0 aliphatic rings. The molecule has 1 aromatic carbocycles. The van der Waals surface area contributed by atoms with Gasteiger partial charge in [0.1, 0.15) is 0 Å². The Kier molecular flexibility index (Phi) is 8.58. The molecule has 1 heterocycles. The second kappa shape index (κ2) is 11.0. The van der Waals surface area contributed by atoms with Crippen LogP contribution in [0.25, 0.3) is 10.9 Å². The van der Waals surface area contributed by atoms with E-state index in [9.17, 15) is 4.79 Å². The zero-order chi connectivity index (χ0) is 17.9. The van der Waals surface area contributed by atoms with Crippen LogP contribution in [0.1, 0.15) is 70.8 Å². The Labute approximate surface area is 152 Å². The number of aromatic nitrogens is 1. The molecule has 0 radical (unpaired) electrons. The maximum atomic E-state index is 11.1. The lowest BCUT2D eigenvalue weighted by molar-refractivity contribution is -0.118. The van der Waals surface area contributed by atoms with E-state index in [1.165, 1.54) is 67.8 Å². The van der Waals surface area contributed by atoms with Gasteiger partial charge < -0.3 is 9.88 Å². The third-order valence-corrected chi connectivity index (χ3v) is 4.89. The van der Waals surface area contributed by atoms with Gasteiger partial charge in [-0.05, 0) is 24.5 Å².